The number of rotatable bonds is 5. The fourth-order valence-corrected chi connectivity index (χ4v) is 1.83. The molecule has 1 aliphatic rings. The van der Waals surface area contributed by atoms with E-state index < -0.39 is 0 Å². The number of nitrogens with one attached hydrogen (secondary N) is 1. The summed E-state index contributed by atoms with van der Waals surface area (Å²) in [6.45, 7) is 2.79. The minimum atomic E-state index is -0.334. The number of hydrogen-bond donors (Lipinski definition) is 1. The van der Waals surface area contributed by atoms with Crippen molar-refractivity contribution in [2.45, 2.75) is 45.1 Å². The highest BCUT2D eigenvalue weighted by molar-refractivity contribution is 5.93. The normalized spacial score (nSPS) is 19.5. The minimum Gasteiger partial charge on any atom is -0.368 e. The Kier molecular flexibility index (Phi) is 4.14. The van der Waals surface area contributed by atoms with E-state index in [0.29, 0.717) is 12.5 Å². The Morgan fingerprint density at radius 2 is 2.53 bits per heavy atom. The first kappa shape index (κ1) is 12.1. The fraction of sp³-hybridized carbons (Fsp3) is 0.667. The number of anilines is 1. The lowest BCUT2D eigenvalue weighted by Crippen LogP contribution is -2.26. The third kappa shape index (κ3) is 3.30. The first-order valence-corrected chi connectivity index (χ1v) is 6.17. The van der Waals surface area contributed by atoms with Gasteiger partial charge in [0.2, 0.25) is 5.88 Å². The first-order chi connectivity index (χ1) is 8.29. The summed E-state index contributed by atoms with van der Waals surface area (Å²) in [5.74, 6) is 0.275. The molecule has 2 rings (SSSR count). The molecule has 1 aromatic rings. The van der Waals surface area contributed by atoms with Crippen LogP contribution in [0.5, 0.6) is 0 Å². The molecule has 0 aromatic carbocycles. The van der Waals surface area contributed by atoms with Gasteiger partial charge in [-0.2, -0.15) is 0 Å². The molecule has 1 aliphatic heterocycles. The van der Waals surface area contributed by atoms with Gasteiger partial charge in [0, 0.05) is 12.7 Å². The Morgan fingerprint density at radius 1 is 1.65 bits per heavy atom. The van der Waals surface area contributed by atoms with Crippen molar-refractivity contribution in [1.29, 1.82) is 0 Å². The van der Waals surface area contributed by atoms with Crippen LogP contribution in [0.3, 0.4) is 0 Å². The van der Waals surface area contributed by atoms with Crippen molar-refractivity contribution in [2.75, 3.05) is 11.9 Å². The maximum atomic E-state index is 11.7. The van der Waals surface area contributed by atoms with E-state index in [2.05, 4.69) is 17.4 Å². The number of hydrogen-bond acceptors (Lipinski definition) is 4. The van der Waals surface area contributed by atoms with E-state index in [1.54, 1.807) is 6.07 Å². The summed E-state index contributed by atoms with van der Waals surface area (Å²) < 4.78 is 10.3. The lowest BCUT2D eigenvalue weighted by Gasteiger charge is -2.06. The highest BCUT2D eigenvalue weighted by atomic mass is 16.5. The second-order valence-corrected chi connectivity index (χ2v) is 4.28. The predicted octanol–water partition coefficient (Wildman–Crippen LogP) is 2.13. The minimum absolute atomic E-state index is 0.138. The van der Waals surface area contributed by atoms with E-state index in [1.165, 1.54) is 0 Å². The molecular formula is C12H18N2O3. The van der Waals surface area contributed by atoms with E-state index in [4.69, 9.17) is 9.26 Å². The van der Waals surface area contributed by atoms with Gasteiger partial charge < -0.3 is 9.26 Å². The summed E-state index contributed by atoms with van der Waals surface area (Å²) >= 11 is 0. The molecule has 1 amide bonds. The molecular weight excluding hydrogens is 220 g/mol. The Balaban J connectivity index is 1.85. The standard InChI is InChI=1S/C12H18N2O3/c1-2-3-5-9-8-11(17-14-9)13-12(15)10-6-4-7-16-10/h8,10H,2-7H2,1H3,(H,13,15)/t10-/m1/s1. The SMILES string of the molecule is CCCCc1cc(NC(=O)[C@H]2CCCO2)on1. The molecule has 0 aliphatic carbocycles. The van der Waals surface area contributed by atoms with Crippen LogP contribution in [0.4, 0.5) is 5.88 Å². The molecule has 1 aromatic heterocycles. The molecule has 5 nitrogen and oxygen atoms in total. The number of ether oxygens (including phenoxy) is 1. The topological polar surface area (TPSA) is 64.4 Å². The molecule has 2 heterocycles. The number of carbonyl (C=O) groups excluding carboxylic acids is 1. The van der Waals surface area contributed by atoms with Crippen LogP contribution in [0.1, 0.15) is 38.3 Å². The summed E-state index contributed by atoms with van der Waals surface area (Å²) in [5.41, 5.74) is 0.884. The van der Waals surface area contributed by atoms with E-state index in [-0.39, 0.29) is 12.0 Å². The zero-order chi connectivity index (χ0) is 12.1. The van der Waals surface area contributed by atoms with E-state index >= 15 is 0 Å². The van der Waals surface area contributed by atoms with Gasteiger partial charge >= 0.3 is 0 Å². The maximum Gasteiger partial charge on any atom is 0.255 e. The summed E-state index contributed by atoms with van der Waals surface area (Å²) in [4.78, 5) is 11.7. The molecule has 0 spiro atoms. The molecule has 0 radical (unpaired) electrons. The molecule has 0 unspecified atom stereocenters. The molecule has 0 bridgehead atoms. The van der Waals surface area contributed by atoms with Gasteiger partial charge in [0.05, 0.1) is 5.69 Å². The van der Waals surface area contributed by atoms with Crippen LogP contribution >= 0.6 is 0 Å². The molecule has 17 heavy (non-hydrogen) atoms. The lowest BCUT2D eigenvalue weighted by atomic mass is 10.2. The summed E-state index contributed by atoms with van der Waals surface area (Å²) in [6, 6.07) is 1.78. The quantitative estimate of drug-likeness (QED) is 0.853. The van der Waals surface area contributed by atoms with Crippen molar-refractivity contribution in [3.8, 4) is 0 Å². The van der Waals surface area contributed by atoms with Gasteiger partial charge in [-0.1, -0.05) is 18.5 Å². The summed E-state index contributed by atoms with van der Waals surface area (Å²) in [6.07, 6.45) is 4.46. The van der Waals surface area contributed by atoms with Crippen molar-refractivity contribution >= 4 is 11.8 Å². The predicted molar refractivity (Wildman–Crippen MR) is 62.7 cm³/mol. The highest BCUT2D eigenvalue weighted by Gasteiger charge is 2.24. The third-order valence-electron chi connectivity index (χ3n) is 2.81. The average molecular weight is 238 g/mol. The largest absolute Gasteiger partial charge is 0.368 e. The monoisotopic (exact) mass is 238 g/mol. The van der Waals surface area contributed by atoms with Crippen LogP contribution in [0, 0.1) is 0 Å². The lowest BCUT2D eigenvalue weighted by molar-refractivity contribution is -0.124. The first-order valence-electron chi connectivity index (χ1n) is 6.17. The average Bonchev–Trinajstić information content (AvgIpc) is 2.97. The molecule has 1 N–H and O–H groups in total. The van der Waals surface area contributed by atoms with E-state index in [1.807, 2.05) is 0 Å². The second kappa shape index (κ2) is 5.82. The van der Waals surface area contributed by atoms with Gasteiger partial charge in [0.15, 0.2) is 0 Å². The zero-order valence-electron chi connectivity index (χ0n) is 10.1. The summed E-state index contributed by atoms with van der Waals surface area (Å²) in [5, 5.41) is 6.59. The number of aryl methyl sites for hydroxylation is 1. The smallest absolute Gasteiger partial charge is 0.255 e. The Hall–Kier alpha value is -1.36. The molecule has 1 saturated heterocycles. The van der Waals surface area contributed by atoms with Crippen LogP contribution < -0.4 is 5.32 Å². The fourth-order valence-electron chi connectivity index (χ4n) is 1.83. The van der Waals surface area contributed by atoms with E-state index in [0.717, 1.165) is 37.8 Å². The number of unbranched alkanes of at least 4 members (excludes halogenated alkanes) is 1. The maximum absolute atomic E-state index is 11.7. The van der Waals surface area contributed by atoms with Gasteiger partial charge in [-0.15, -0.1) is 0 Å². The number of carbonyl (C=O) groups is 1. The van der Waals surface area contributed by atoms with Gasteiger partial charge in [-0.3, -0.25) is 10.1 Å². The Morgan fingerprint density at radius 3 is 3.24 bits per heavy atom. The van der Waals surface area contributed by atoms with Crippen molar-refractivity contribution in [2.24, 2.45) is 0 Å². The number of nitrogens with zero attached hydrogens (tertiary/aromatic N) is 1. The third-order valence-corrected chi connectivity index (χ3v) is 2.81. The number of amides is 1. The van der Waals surface area contributed by atoms with Gasteiger partial charge in [-0.25, -0.2) is 0 Å². The van der Waals surface area contributed by atoms with Gasteiger partial charge in [0.1, 0.15) is 6.10 Å². The number of aromatic nitrogens is 1. The van der Waals surface area contributed by atoms with Crippen molar-refractivity contribution < 1.29 is 14.1 Å². The molecule has 5 heteroatoms. The molecule has 1 atom stereocenters. The van der Waals surface area contributed by atoms with Gasteiger partial charge in [-0.05, 0) is 25.7 Å². The molecule has 0 saturated carbocycles. The van der Waals surface area contributed by atoms with Crippen LogP contribution in [0.2, 0.25) is 0 Å². The molecule has 94 valence electrons. The Bertz CT molecular complexity index is 370. The van der Waals surface area contributed by atoms with Crippen LogP contribution in [-0.4, -0.2) is 23.8 Å². The van der Waals surface area contributed by atoms with Gasteiger partial charge in [0.25, 0.3) is 5.91 Å². The van der Waals surface area contributed by atoms with Crippen LogP contribution in [0.15, 0.2) is 10.6 Å². The molecule has 1 fully saturated rings. The highest BCUT2D eigenvalue weighted by Crippen LogP contribution is 2.16. The van der Waals surface area contributed by atoms with Crippen molar-refractivity contribution in [3.05, 3.63) is 11.8 Å². The van der Waals surface area contributed by atoms with Crippen LogP contribution in [-0.2, 0) is 16.0 Å². The van der Waals surface area contributed by atoms with Crippen LogP contribution in [0.25, 0.3) is 0 Å². The summed E-state index contributed by atoms with van der Waals surface area (Å²) in [7, 11) is 0. The van der Waals surface area contributed by atoms with Crippen molar-refractivity contribution in [1.82, 2.24) is 5.16 Å². The van der Waals surface area contributed by atoms with Crippen molar-refractivity contribution in [3.63, 3.8) is 0 Å². The zero-order valence-corrected chi connectivity index (χ0v) is 10.1. The Labute approximate surface area is 101 Å². The second-order valence-electron chi connectivity index (χ2n) is 4.28. The van der Waals surface area contributed by atoms with E-state index in [9.17, 15) is 4.79 Å².